The van der Waals surface area contributed by atoms with Crippen LogP contribution in [-0.4, -0.2) is 32.5 Å². The van der Waals surface area contributed by atoms with Crippen LogP contribution < -0.4 is 9.62 Å². The first-order valence-electron chi connectivity index (χ1n) is 11.7. The molecule has 0 N–H and O–H groups in total. The van der Waals surface area contributed by atoms with Crippen molar-refractivity contribution in [1.82, 2.24) is 9.88 Å². The minimum Gasteiger partial charge on any atom is -0.445 e. The minimum absolute atomic E-state index is 0.209. The Balaban J connectivity index is 1.44. The van der Waals surface area contributed by atoms with Crippen LogP contribution in [0.3, 0.4) is 0 Å². The molecule has 3 aromatic rings. The lowest BCUT2D eigenvalue weighted by Crippen LogP contribution is -2.51. The number of rotatable bonds is 5. The van der Waals surface area contributed by atoms with Crippen LogP contribution in [-0.2, 0) is 41.0 Å². The molecule has 0 saturated heterocycles. The number of fused-ring (bicyclic) bond motifs is 3. The lowest BCUT2D eigenvalue weighted by Gasteiger charge is -2.40. The maximum Gasteiger partial charge on any atom is 0.410 e. The number of hydrogen-bond acceptors (Lipinski definition) is 5. The highest BCUT2D eigenvalue weighted by atomic mass is 32.2. The largest absolute Gasteiger partial charge is 0.445 e. The third kappa shape index (κ3) is 4.23. The van der Waals surface area contributed by atoms with E-state index in [9.17, 15) is 13.2 Å². The van der Waals surface area contributed by atoms with Gasteiger partial charge in [0.25, 0.3) is 10.0 Å². The molecule has 0 radical (unpaired) electrons. The first-order valence-corrected chi connectivity index (χ1v) is 16.6. The summed E-state index contributed by atoms with van der Waals surface area (Å²) < 4.78 is 34.0. The zero-order valence-electron chi connectivity index (χ0n) is 20.4. The number of anilines is 1. The Hall–Kier alpha value is -3.17. The van der Waals surface area contributed by atoms with Crippen LogP contribution in [0, 0.1) is 6.92 Å². The van der Waals surface area contributed by atoms with E-state index in [1.54, 1.807) is 17.0 Å². The smallest absolute Gasteiger partial charge is 0.410 e. The molecule has 2 aromatic carbocycles. The lowest BCUT2D eigenvalue weighted by atomic mass is 10.0. The second-order valence-corrected chi connectivity index (χ2v) is 17.0. The van der Waals surface area contributed by atoms with E-state index in [0.29, 0.717) is 25.3 Å². The molecule has 0 atom stereocenters. The van der Waals surface area contributed by atoms with Crippen molar-refractivity contribution in [2.24, 2.45) is 0 Å². The van der Waals surface area contributed by atoms with Crippen LogP contribution in [0.4, 0.5) is 10.5 Å². The van der Waals surface area contributed by atoms with Crippen molar-refractivity contribution in [3.05, 3.63) is 82.5 Å². The van der Waals surface area contributed by atoms with E-state index in [1.165, 1.54) is 4.31 Å². The normalized spacial score (nSPS) is 14.9. The maximum absolute atomic E-state index is 13.5. The molecule has 7 nitrogen and oxygen atoms in total. The predicted octanol–water partition coefficient (Wildman–Crippen LogP) is 4.30. The molecule has 0 fully saturated rings. The van der Waals surface area contributed by atoms with Crippen LogP contribution in [0.2, 0.25) is 19.6 Å². The van der Waals surface area contributed by atoms with E-state index in [4.69, 9.17) is 9.72 Å². The topological polar surface area (TPSA) is 79.8 Å². The number of aromatic nitrogens is 1. The van der Waals surface area contributed by atoms with Gasteiger partial charge in [0, 0.05) is 16.4 Å². The fourth-order valence-electron chi connectivity index (χ4n) is 4.54. The molecule has 0 saturated carbocycles. The van der Waals surface area contributed by atoms with Crippen LogP contribution in [0.5, 0.6) is 0 Å². The van der Waals surface area contributed by atoms with Gasteiger partial charge in [-0.25, -0.2) is 13.2 Å². The third-order valence-corrected chi connectivity index (χ3v) is 10.0. The van der Waals surface area contributed by atoms with Crippen molar-refractivity contribution < 1.29 is 17.9 Å². The van der Waals surface area contributed by atoms with Crippen LogP contribution in [0.15, 0.2) is 59.5 Å². The van der Waals surface area contributed by atoms with Gasteiger partial charge in [-0.1, -0.05) is 67.7 Å². The highest BCUT2D eigenvalue weighted by molar-refractivity contribution is 7.93. The van der Waals surface area contributed by atoms with Gasteiger partial charge >= 0.3 is 6.09 Å². The molecule has 0 aliphatic carbocycles. The van der Waals surface area contributed by atoms with Gasteiger partial charge in [-0.2, -0.15) is 0 Å². The lowest BCUT2D eigenvalue weighted by molar-refractivity contribution is 0.0952. The number of aryl methyl sites for hydroxylation is 1. The molecular weight excluding hydrogens is 478 g/mol. The quantitative estimate of drug-likeness (QED) is 0.481. The summed E-state index contributed by atoms with van der Waals surface area (Å²) in [7, 11) is -5.68. The number of nitrogens with zero attached hydrogens (tertiary/aromatic N) is 3. The average Bonchev–Trinajstić information content (AvgIpc) is 3.20. The first-order chi connectivity index (χ1) is 16.6. The van der Waals surface area contributed by atoms with Gasteiger partial charge in [-0.15, -0.1) is 0 Å². The van der Waals surface area contributed by atoms with Gasteiger partial charge in [0.2, 0.25) is 0 Å². The Kier molecular flexibility index (Phi) is 5.72. The van der Waals surface area contributed by atoms with Gasteiger partial charge in [-0.05, 0) is 24.6 Å². The summed E-state index contributed by atoms with van der Waals surface area (Å²) in [6, 6.07) is 16.5. The number of pyridine rings is 1. The Morgan fingerprint density at radius 1 is 0.971 bits per heavy atom. The highest BCUT2D eigenvalue weighted by Gasteiger charge is 2.44. The van der Waals surface area contributed by atoms with E-state index in [1.807, 2.05) is 49.4 Å². The number of sulfonamides is 1. The summed E-state index contributed by atoms with van der Waals surface area (Å²) in [4.78, 5) is 19.7. The standard InChI is InChI=1S/C26H29N3O4SSi/c1-18-10-12-20(13-11-18)34(31,32)29-15-22-21-14-28(26(30)33-17-19-8-6-5-7-9-19)16-23(21)27-25(24(22)29)35(2,3)4/h5-13H,14-17H2,1-4H3. The summed E-state index contributed by atoms with van der Waals surface area (Å²) in [5.74, 6) is 0. The number of hydrogen-bond donors (Lipinski definition) is 0. The number of ether oxygens (including phenoxy) is 1. The zero-order valence-corrected chi connectivity index (χ0v) is 22.2. The molecule has 1 amide bonds. The van der Waals surface area contributed by atoms with Crippen LogP contribution in [0.25, 0.3) is 0 Å². The molecule has 35 heavy (non-hydrogen) atoms. The fourth-order valence-corrected chi connectivity index (χ4v) is 7.55. The number of amides is 1. The molecule has 0 unspecified atom stereocenters. The predicted molar refractivity (Wildman–Crippen MR) is 138 cm³/mol. The molecule has 2 aliphatic heterocycles. The van der Waals surface area contributed by atoms with Crippen molar-refractivity contribution in [3.8, 4) is 0 Å². The Morgan fingerprint density at radius 3 is 2.31 bits per heavy atom. The first kappa shape index (κ1) is 23.6. The van der Waals surface area contributed by atoms with Crippen molar-refractivity contribution in [3.63, 3.8) is 0 Å². The fraction of sp³-hybridized carbons (Fsp3) is 0.308. The van der Waals surface area contributed by atoms with Gasteiger partial charge in [0.15, 0.2) is 0 Å². The van der Waals surface area contributed by atoms with Gasteiger partial charge in [0.05, 0.1) is 35.9 Å². The summed E-state index contributed by atoms with van der Waals surface area (Å²) in [5.41, 5.74) is 5.44. The molecule has 9 heteroatoms. The molecule has 0 spiro atoms. The Labute approximate surface area is 207 Å². The van der Waals surface area contributed by atoms with E-state index >= 15 is 0 Å². The minimum atomic E-state index is -3.69. The Morgan fingerprint density at radius 2 is 1.66 bits per heavy atom. The maximum atomic E-state index is 13.5. The molecule has 3 heterocycles. The average molecular weight is 508 g/mol. The number of carbonyl (C=O) groups excluding carboxylic acids is 1. The number of carbonyl (C=O) groups is 1. The monoisotopic (exact) mass is 507 g/mol. The van der Waals surface area contributed by atoms with E-state index in [0.717, 1.165) is 33.3 Å². The summed E-state index contributed by atoms with van der Waals surface area (Å²) in [6.45, 7) is 9.68. The second-order valence-electron chi connectivity index (χ2n) is 10.2. The second kappa shape index (κ2) is 8.49. The molecule has 5 rings (SSSR count). The van der Waals surface area contributed by atoms with Gasteiger partial charge in [0.1, 0.15) is 14.7 Å². The number of benzene rings is 2. The molecular formula is C26H29N3O4SSi. The summed E-state index contributed by atoms with van der Waals surface area (Å²) in [6.07, 6.45) is -0.390. The Bertz CT molecular complexity index is 1400. The molecule has 1 aromatic heterocycles. The van der Waals surface area contributed by atoms with E-state index in [2.05, 4.69) is 19.6 Å². The zero-order chi connectivity index (χ0) is 25.0. The molecule has 2 aliphatic rings. The van der Waals surface area contributed by atoms with Crippen molar-refractivity contribution in [1.29, 1.82) is 0 Å². The van der Waals surface area contributed by atoms with E-state index < -0.39 is 24.2 Å². The SMILES string of the molecule is Cc1ccc(S(=O)(=O)N2Cc3c4c(nc([Si](C)(C)C)c32)CN(C(=O)OCc2ccccc2)C4)cc1. The summed E-state index contributed by atoms with van der Waals surface area (Å²) in [5, 5.41) is 0.868. The summed E-state index contributed by atoms with van der Waals surface area (Å²) >= 11 is 0. The van der Waals surface area contributed by atoms with Crippen molar-refractivity contribution in [2.45, 2.75) is 57.7 Å². The van der Waals surface area contributed by atoms with Crippen molar-refractivity contribution >= 4 is 35.2 Å². The van der Waals surface area contributed by atoms with Crippen LogP contribution in [0.1, 0.15) is 27.9 Å². The highest BCUT2D eigenvalue weighted by Crippen LogP contribution is 2.42. The van der Waals surface area contributed by atoms with Crippen LogP contribution >= 0.6 is 0 Å². The van der Waals surface area contributed by atoms with Gasteiger partial charge in [-0.3, -0.25) is 14.2 Å². The van der Waals surface area contributed by atoms with Crippen molar-refractivity contribution in [2.75, 3.05) is 4.31 Å². The third-order valence-electron chi connectivity index (χ3n) is 6.49. The van der Waals surface area contributed by atoms with E-state index in [-0.39, 0.29) is 11.5 Å². The molecule has 0 bridgehead atoms. The molecule has 182 valence electrons. The van der Waals surface area contributed by atoms with Gasteiger partial charge < -0.3 is 4.74 Å².